The van der Waals surface area contributed by atoms with Gasteiger partial charge in [-0.25, -0.2) is 0 Å². The molecule has 0 aromatic carbocycles. The van der Waals surface area contributed by atoms with Crippen molar-refractivity contribution in [3.63, 3.8) is 0 Å². The highest BCUT2D eigenvalue weighted by molar-refractivity contribution is 5.94. The summed E-state index contributed by atoms with van der Waals surface area (Å²) < 4.78 is 6.16. The van der Waals surface area contributed by atoms with Crippen molar-refractivity contribution in [1.82, 2.24) is 16.0 Å². The van der Waals surface area contributed by atoms with E-state index in [1.165, 1.54) is 12.5 Å². The molecule has 0 aromatic heterocycles. The fourth-order valence-corrected chi connectivity index (χ4v) is 11.5. The maximum Gasteiger partial charge on any atom is 0.303 e. The van der Waals surface area contributed by atoms with Crippen LogP contribution in [0.4, 0.5) is 0 Å². The summed E-state index contributed by atoms with van der Waals surface area (Å²) in [5, 5.41) is 33.3. The second-order valence-electron chi connectivity index (χ2n) is 17.7. The lowest BCUT2D eigenvalue weighted by molar-refractivity contribution is -0.234. The zero-order chi connectivity index (χ0) is 37.4. The van der Waals surface area contributed by atoms with E-state index >= 15 is 0 Å². The average Bonchev–Trinajstić information content (AvgIpc) is 3.34. The van der Waals surface area contributed by atoms with E-state index in [0.29, 0.717) is 31.7 Å². The zero-order valence-corrected chi connectivity index (χ0v) is 33.3. The first kappa shape index (κ1) is 42.0. The molecular formula is C42H74N4O5. The summed E-state index contributed by atoms with van der Waals surface area (Å²) in [7, 11) is 0. The van der Waals surface area contributed by atoms with Crippen LogP contribution in [0.2, 0.25) is 0 Å². The van der Waals surface area contributed by atoms with Gasteiger partial charge < -0.3 is 36.6 Å². The molecule has 9 nitrogen and oxygen atoms in total. The number of amides is 1. The normalized spacial score (nSPS) is 36.8. The van der Waals surface area contributed by atoms with Crippen molar-refractivity contribution < 1.29 is 24.5 Å². The van der Waals surface area contributed by atoms with Gasteiger partial charge in [-0.3, -0.25) is 9.59 Å². The number of hydrogen-bond donors (Lipinski definition) is 6. The Bertz CT molecular complexity index is 1230. The molecule has 7 N–H and O–H groups in total. The molecule has 4 aliphatic carbocycles. The minimum Gasteiger partial charge on any atom is -0.458 e. The molecule has 0 saturated heterocycles. The molecule has 0 heterocycles. The third-order valence-electron chi connectivity index (χ3n) is 14.2. The SMILES string of the molecule is CC(=O)O[C@H]1C[C@@]2(C)C(C[C@@H](O)C3[C@@]4(C)CC[C@@H](O)[C@@H](C)C4CC[C@@]32C)/C1=C(\CCC=C(C)C)C(=O)NCCCCNCCCNCCCCN. The molecule has 4 rings (SSSR count). The molecular weight excluding hydrogens is 640 g/mol. The predicted octanol–water partition coefficient (Wildman–Crippen LogP) is 5.79. The van der Waals surface area contributed by atoms with Gasteiger partial charge in [-0.15, -0.1) is 0 Å². The highest BCUT2D eigenvalue weighted by Crippen LogP contribution is 2.74. The van der Waals surface area contributed by atoms with Gasteiger partial charge in [0.05, 0.1) is 12.2 Å². The van der Waals surface area contributed by atoms with Gasteiger partial charge in [-0.1, -0.05) is 39.3 Å². The molecule has 3 unspecified atom stereocenters. The zero-order valence-electron chi connectivity index (χ0n) is 33.3. The van der Waals surface area contributed by atoms with Crippen LogP contribution in [0.25, 0.3) is 0 Å². The van der Waals surface area contributed by atoms with Crippen LogP contribution in [0.5, 0.6) is 0 Å². The molecule has 4 fully saturated rings. The third kappa shape index (κ3) is 9.30. The minimum absolute atomic E-state index is 0.0586. The standard InChI is InChI=1S/C42H74N4O5/c1-28(2)14-12-15-31(39(50)46-25-11-10-22-45-24-13-23-44-21-9-8-20-43)37-33-26-35(49)38-40(5)18-17-34(48)29(3)32(40)16-19-41(38,6)42(33,7)27-36(37)51-30(4)47/h14,29,32-36,38,44-45,48-49H,8-13,15-27,43H2,1-7H3,(H,46,50)/b37-31-/t29-,32?,33?,34+,35+,36-,38?,40-,41-,42-/m0/s1. The Balaban J connectivity index is 1.51. The predicted molar refractivity (Wildman–Crippen MR) is 206 cm³/mol. The number of nitrogens with two attached hydrogens (primary N) is 1. The number of hydrogen-bond acceptors (Lipinski definition) is 8. The molecule has 10 atom stereocenters. The van der Waals surface area contributed by atoms with Crippen molar-refractivity contribution in [2.75, 3.05) is 39.3 Å². The van der Waals surface area contributed by atoms with Crippen molar-refractivity contribution in [2.24, 2.45) is 45.7 Å². The number of carbonyl (C=O) groups excluding carboxylic acids is 2. The van der Waals surface area contributed by atoms with Gasteiger partial charge in [-0.05, 0) is 176 Å². The lowest BCUT2D eigenvalue weighted by Gasteiger charge is -2.69. The monoisotopic (exact) mass is 715 g/mol. The van der Waals surface area contributed by atoms with Gasteiger partial charge in [0.2, 0.25) is 5.91 Å². The average molecular weight is 715 g/mol. The van der Waals surface area contributed by atoms with Gasteiger partial charge in [0.25, 0.3) is 0 Å². The van der Waals surface area contributed by atoms with Gasteiger partial charge in [-0.2, -0.15) is 0 Å². The van der Waals surface area contributed by atoms with Crippen molar-refractivity contribution in [2.45, 2.75) is 150 Å². The van der Waals surface area contributed by atoms with E-state index in [0.717, 1.165) is 108 Å². The summed E-state index contributed by atoms with van der Waals surface area (Å²) in [6.07, 6.45) is 12.2. The maximum atomic E-state index is 14.2. The molecule has 1 amide bonds. The van der Waals surface area contributed by atoms with Crippen LogP contribution in [0.1, 0.15) is 132 Å². The molecule has 0 radical (unpaired) electrons. The first-order valence-electron chi connectivity index (χ1n) is 20.5. The van der Waals surface area contributed by atoms with E-state index in [4.69, 9.17) is 10.5 Å². The van der Waals surface area contributed by atoms with Crippen LogP contribution >= 0.6 is 0 Å². The molecule has 292 valence electrons. The number of nitrogens with one attached hydrogen (secondary N) is 3. The van der Waals surface area contributed by atoms with Crippen LogP contribution in [-0.2, 0) is 14.3 Å². The number of aliphatic hydroxyl groups is 2. The van der Waals surface area contributed by atoms with Crippen molar-refractivity contribution >= 4 is 11.9 Å². The van der Waals surface area contributed by atoms with E-state index in [1.807, 2.05) is 0 Å². The number of aliphatic hydroxyl groups excluding tert-OH is 2. The quantitative estimate of drug-likeness (QED) is 0.0453. The third-order valence-corrected chi connectivity index (χ3v) is 14.2. The van der Waals surface area contributed by atoms with Gasteiger partial charge in [0.1, 0.15) is 6.10 Å². The number of esters is 1. The van der Waals surface area contributed by atoms with Crippen LogP contribution < -0.4 is 21.7 Å². The first-order chi connectivity index (χ1) is 24.2. The topological polar surface area (TPSA) is 146 Å². The van der Waals surface area contributed by atoms with Crippen molar-refractivity contribution in [1.29, 1.82) is 0 Å². The highest BCUT2D eigenvalue weighted by Gasteiger charge is 2.70. The van der Waals surface area contributed by atoms with E-state index < -0.39 is 12.2 Å². The van der Waals surface area contributed by atoms with Crippen LogP contribution in [0.15, 0.2) is 22.8 Å². The maximum absolute atomic E-state index is 14.2. The number of fused-ring (bicyclic) bond motifs is 5. The molecule has 0 aromatic rings. The Hall–Kier alpha value is -1.78. The molecule has 9 heteroatoms. The summed E-state index contributed by atoms with van der Waals surface area (Å²) in [6, 6.07) is 0. The van der Waals surface area contributed by atoms with Crippen LogP contribution in [0.3, 0.4) is 0 Å². The second-order valence-corrected chi connectivity index (χ2v) is 17.7. The van der Waals surface area contributed by atoms with Gasteiger partial charge >= 0.3 is 5.97 Å². The Morgan fingerprint density at radius 2 is 1.53 bits per heavy atom. The fraction of sp³-hybridized carbons (Fsp3) is 0.857. The molecule has 0 spiro atoms. The first-order valence-corrected chi connectivity index (χ1v) is 20.5. The smallest absolute Gasteiger partial charge is 0.303 e. The Kier molecular flexibility index (Phi) is 15.2. The van der Waals surface area contributed by atoms with Crippen LogP contribution in [0, 0.1) is 39.9 Å². The molecule has 51 heavy (non-hydrogen) atoms. The van der Waals surface area contributed by atoms with E-state index in [9.17, 15) is 19.8 Å². The van der Waals surface area contributed by atoms with Gasteiger partial charge in [0, 0.05) is 19.0 Å². The Morgan fingerprint density at radius 3 is 2.18 bits per heavy atom. The summed E-state index contributed by atoms with van der Waals surface area (Å²) in [4.78, 5) is 26.9. The Labute approximate surface area is 309 Å². The molecule has 4 saturated carbocycles. The van der Waals surface area contributed by atoms with Crippen molar-refractivity contribution in [3.8, 4) is 0 Å². The molecule has 0 bridgehead atoms. The summed E-state index contributed by atoms with van der Waals surface area (Å²) in [5.41, 5.74) is 7.91. The van der Waals surface area contributed by atoms with E-state index in [2.05, 4.69) is 63.6 Å². The molecule has 0 aliphatic heterocycles. The minimum atomic E-state index is -0.532. The summed E-state index contributed by atoms with van der Waals surface area (Å²) in [5.74, 6) is 0.201. The molecule has 4 aliphatic rings. The van der Waals surface area contributed by atoms with Crippen molar-refractivity contribution in [3.05, 3.63) is 22.8 Å². The van der Waals surface area contributed by atoms with Gasteiger partial charge in [0.15, 0.2) is 0 Å². The number of unbranched alkanes of at least 4 members (excludes halogenated alkanes) is 2. The highest BCUT2D eigenvalue weighted by atomic mass is 16.5. The summed E-state index contributed by atoms with van der Waals surface area (Å²) in [6.45, 7) is 20.2. The van der Waals surface area contributed by atoms with E-state index in [1.54, 1.807) is 0 Å². The number of ether oxygens (including phenoxy) is 1. The fourth-order valence-electron chi connectivity index (χ4n) is 11.5. The number of allylic oxidation sites excluding steroid dienone is 2. The number of rotatable bonds is 18. The number of carbonyl (C=O) groups is 2. The lowest BCUT2D eigenvalue weighted by Crippen LogP contribution is -2.65. The van der Waals surface area contributed by atoms with E-state index in [-0.39, 0.29) is 52.0 Å². The summed E-state index contributed by atoms with van der Waals surface area (Å²) >= 11 is 0. The lowest BCUT2D eigenvalue weighted by atomic mass is 9.36. The van der Waals surface area contributed by atoms with Crippen LogP contribution in [-0.4, -0.2) is 79.7 Å². The Morgan fingerprint density at radius 1 is 0.882 bits per heavy atom. The second kappa shape index (κ2) is 18.5. The largest absolute Gasteiger partial charge is 0.458 e.